The van der Waals surface area contributed by atoms with Crippen molar-refractivity contribution < 1.29 is 60.7 Å². The lowest BCUT2D eigenvalue weighted by atomic mass is 9.72. The molecule has 0 radical (unpaired) electrons. The Labute approximate surface area is 230 Å². The van der Waals surface area contributed by atoms with Gasteiger partial charge in [0.2, 0.25) is 0 Å². The molecule has 4 N–H and O–H groups in total. The van der Waals surface area contributed by atoms with Crippen LogP contribution in [0.4, 0.5) is 30.7 Å². The van der Waals surface area contributed by atoms with Crippen molar-refractivity contribution in [2.24, 2.45) is 0 Å². The summed E-state index contributed by atoms with van der Waals surface area (Å²) in [4.78, 5) is 22.1. The second-order valence-corrected chi connectivity index (χ2v) is 9.73. The molecule has 1 spiro atoms. The number of halogens is 7. The normalized spacial score (nSPS) is 20.0. The minimum absolute atomic E-state index is 0.0139. The maximum Gasteiger partial charge on any atom is 0.490 e. The highest BCUT2D eigenvalue weighted by molar-refractivity contribution is 5.73. The highest BCUT2D eigenvalue weighted by Crippen LogP contribution is 2.52. The Kier molecular flexibility index (Phi) is 10.7. The van der Waals surface area contributed by atoms with E-state index in [1.807, 2.05) is 20.2 Å². The maximum absolute atomic E-state index is 13.6. The molecule has 1 aliphatic heterocycles. The third kappa shape index (κ3) is 8.07. The molecule has 1 aliphatic carbocycles. The summed E-state index contributed by atoms with van der Waals surface area (Å²) in [6.45, 7) is 2.14. The molecule has 0 amide bonds. The molecule has 0 unspecified atom stereocenters. The number of aliphatic hydroxyl groups excluding tert-OH is 1. The Morgan fingerprint density at radius 1 is 0.927 bits per heavy atom. The highest BCUT2D eigenvalue weighted by Gasteiger charge is 2.53. The molecule has 1 saturated heterocycles. The summed E-state index contributed by atoms with van der Waals surface area (Å²) in [6.07, 6.45) is -8.90. The molecular formula is C26H29F7N2O6. The van der Waals surface area contributed by atoms with E-state index < -0.39 is 36.2 Å². The van der Waals surface area contributed by atoms with E-state index in [1.165, 1.54) is 17.2 Å². The minimum Gasteiger partial charge on any atom is -0.505 e. The lowest BCUT2D eigenvalue weighted by Gasteiger charge is -2.43. The largest absolute Gasteiger partial charge is 0.505 e. The number of nitrogens with zero attached hydrogens (tertiary/aromatic N) is 2. The van der Waals surface area contributed by atoms with Crippen LogP contribution in [0.25, 0.3) is 0 Å². The summed E-state index contributed by atoms with van der Waals surface area (Å²) in [5, 5.41) is 35.5. The fourth-order valence-electron chi connectivity index (χ4n) is 5.00. The first kappa shape index (κ1) is 33.8. The van der Waals surface area contributed by atoms with Gasteiger partial charge in [-0.15, -0.1) is 0 Å². The average molecular weight is 599 g/mol. The van der Waals surface area contributed by atoms with Crippen LogP contribution in [0.15, 0.2) is 42.5 Å². The van der Waals surface area contributed by atoms with Gasteiger partial charge in [-0.1, -0.05) is 36.4 Å². The molecule has 2 aromatic rings. The number of aliphatic hydroxyl groups is 1. The smallest absolute Gasteiger partial charge is 0.490 e. The SMILES string of the molecule is CN(C)[C@@H]1c2ccccc2C2(CCN(Cc3cccc(F)c3O)CC2)[C@H]1O.O=C(O)C(F)(F)F.O=C(O)C(F)(F)F. The first-order chi connectivity index (χ1) is 18.8. The molecule has 0 aromatic heterocycles. The Bertz CT molecular complexity index is 1190. The van der Waals surface area contributed by atoms with Gasteiger partial charge in [-0.3, -0.25) is 4.90 Å². The number of piperidine rings is 1. The van der Waals surface area contributed by atoms with Gasteiger partial charge in [0.25, 0.3) is 0 Å². The van der Waals surface area contributed by atoms with Crippen molar-refractivity contribution in [2.75, 3.05) is 27.2 Å². The van der Waals surface area contributed by atoms with E-state index in [1.54, 1.807) is 12.1 Å². The summed E-state index contributed by atoms with van der Waals surface area (Å²) in [5.41, 5.74) is 2.88. The maximum atomic E-state index is 13.6. The topological polar surface area (TPSA) is 122 Å². The van der Waals surface area contributed by atoms with Gasteiger partial charge in [0.15, 0.2) is 11.6 Å². The molecule has 228 valence electrons. The summed E-state index contributed by atoms with van der Waals surface area (Å²) in [7, 11) is 4.04. The number of benzene rings is 2. The molecule has 8 nitrogen and oxygen atoms in total. The van der Waals surface area contributed by atoms with Gasteiger partial charge in [0, 0.05) is 17.5 Å². The number of alkyl halides is 6. The number of likely N-dealkylation sites (tertiary alicyclic amines) is 1. The Morgan fingerprint density at radius 3 is 1.88 bits per heavy atom. The number of phenolic OH excluding ortho intramolecular Hbond substituents is 1. The molecule has 0 saturated carbocycles. The van der Waals surface area contributed by atoms with E-state index in [4.69, 9.17) is 19.8 Å². The van der Waals surface area contributed by atoms with Gasteiger partial charge in [-0.25, -0.2) is 14.0 Å². The third-order valence-electron chi connectivity index (χ3n) is 6.93. The number of para-hydroxylation sites is 1. The van der Waals surface area contributed by atoms with Crippen LogP contribution in [0.2, 0.25) is 0 Å². The monoisotopic (exact) mass is 598 g/mol. The van der Waals surface area contributed by atoms with Crippen LogP contribution in [0.3, 0.4) is 0 Å². The van der Waals surface area contributed by atoms with E-state index in [9.17, 15) is 40.9 Å². The first-order valence-electron chi connectivity index (χ1n) is 12.1. The Balaban J connectivity index is 0.000000349. The predicted octanol–water partition coefficient (Wildman–Crippen LogP) is 4.31. The third-order valence-corrected chi connectivity index (χ3v) is 6.93. The van der Waals surface area contributed by atoms with Crippen molar-refractivity contribution in [1.29, 1.82) is 0 Å². The van der Waals surface area contributed by atoms with Crippen LogP contribution in [-0.2, 0) is 21.5 Å². The Morgan fingerprint density at radius 2 is 1.41 bits per heavy atom. The van der Waals surface area contributed by atoms with Crippen LogP contribution in [0.5, 0.6) is 5.75 Å². The van der Waals surface area contributed by atoms with Crippen molar-refractivity contribution in [1.82, 2.24) is 9.80 Å². The van der Waals surface area contributed by atoms with Crippen molar-refractivity contribution in [3.63, 3.8) is 0 Å². The number of carboxylic acid groups (broad SMARTS) is 2. The quantitative estimate of drug-likeness (QED) is 0.386. The number of hydrogen-bond acceptors (Lipinski definition) is 6. The van der Waals surface area contributed by atoms with Crippen molar-refractivity contribution in [3.8, 4) is 5.75 Å². The van der Waals surface area contributed by atoms with Gasteiger partial charge in [0.1, 0.15) is 0 Å². The summed E-state index contributed by atoms with van der Waals surface area (Å²) in [6, 6.07) is 13.1. The standard InChI is InChI=1S/C22H27FN2O2.2C2HF3O2/c1-24(2)19-16-7-3-4-8-17(16)22(21(19)27)10-12-25(13-11-22)14-15-6-5-9-18(23)20(15)26;2*3-2(4,5)1(6)7/h3-9,19,21,26-27H,10-14H2,1-2H3;2*(H,6,7)/t19-,21+;;/m1../s1. The van der Waals surface area contributed by atoms with Crippen LogP contribution < -0.4 is 0 Å². The number of hydrogen-bond donors (Lipinski definition) is 4. The fraction of sp³-hybridized carbons (Fsp3) is 0.462. The van der Waals surface area contributed by atoms with Crippen LogP contribution in [0.1, 0.15) is 35.6 Å². The molecular weight excluding hydrogens is 569 g/mol. The lowest BCUT2D eigenvalue weighted by molar-refractivity contribution is -0.193. The van der Waals surface area contributed by atoms with Gasteiger partial charge in [-0.2, -0.15) is 26.3 Å². The molecule has 2 aromatic carbocycles. The molecule has 1 fully saturated rings. The number of rotatable bonds is 3. The van der Waals surface area contributed by atoms with Crippen molar-refractivity contribution >= 4 is 11.9 Å². The van der Waals surface area contributed by atoms with Gasteiger partial charge < -0.3 is 25.3 Å². The zero-order valence-corrected chi connectivity index (χ0v) is 21.9. The van der Waals surface area contributed by atoms with Crippen molar-refractivity contribution in [3.05, 3.63) is 65.0 Å². The molecule has 2 atom stereocenters. The minimum atomic E-state index is -5.08. The summed E-state index contributed by atoms with van der Waals surface area (Å²) < 4.78 is 77.1. The second kappa shape index (κ2) is 13.0. The second-order valence-electron chi connectivity index (χ2n) is 9.73. The zero-order chi connectivity index (χ0) is 31.3. The lowest BCUT2D eigenvalue weighted by Crippen LogP contribution is -2.49. The van der Waals surface area contributed by atoms with Crippen LogP contribution in [0, 0.1) is 5.82 Å². The van der Waals surface area contributed by atoms with E-state index in [-0.39, 0.29) is 17.2 Å². The number of likely N-dealkylation sites (N-methyl/N-ethyl adjacent to an activating group) is 1. The molecule has 1 heterocycles. The molecule has 4 rings (SSSR count). The first-order valence-corrected chi connectivity index (χ1v) is 12.1. The molecule has 15 heteroatoms. The number of fused-ring (bicyclic) bond motifs is 2. The zero-order valence-electron chi connectivity index (χ0n) is 21.9. The number of aliphatic carboxylic acids is 2. The van der Waals surface area contributed by atoms with E-state index in [0.29, 0.717) is 12.1 Å². The van der Waals surface area contributed by atoms with E-state index in [0.717, 1.165) is 25.9 Å². The number of carbonyl (C=O) groups is 2. The fourth-order valence-corrected chi connectivity index (χ4v) is 5.00. The van der Waals surface area contributed by atoms with E-state index >= 15 is 0 Å². The van der Waals surface area contributed by atoms with Gasteiger partial charge >= 0.3 is 24.3 Å². The number of carboxylic acids is 2. The molecule has 0 bridgehead atoms. The van der Waals surface area contributed by atoms with Gasteiger partial charge in [-0.05, 0) is 57.2 Å². The predicted molar refractivity (Wildman–Crippen MR) is 131 cm³/mol. The van der Waals surface area contributed by atoms with Crippen LogP contribution in [-0.4, -0.2) is 87.8 Å². The van der Waals surface area contributed by atoms with Gasteiger partial charge in [0.05, 0.1) is 12.1 Å². The Hall–Kier alpha value is -3.43. The average Bonchev–Trinajstić information content (AvgIpc) is 3.10. The molecule has 2 aliphatic rings. The van der Waals surface area contributed by atoms with E-state index in [2.05, 4.69) is 28.0 Å². The number of phenols is 1. The number of aromatic hydroxyl groups is 1. The highest BCUT2D eigenvalue weighted by atomic mass is 19.4. The summed E-state index contributed by atoms with van der Waals surface area (Å²) in [5.74, 6) is -6.34. The van der Waals surface area contributed by atoms with Crippen LogP contribution >= 0.6 is 0 Å². The summed E-state index contributed by atoms with van der Waals surface area (Å²) >= 11 is 0. The van der Waals surface area contributed by atoms with Crippen molar-refractivity contribution in [2.45, 2.75) is 49.3 Å². The molecule has 41 heavy (non-hydrogen) atoms.